The van der Waals surface area contributed by atoms with Crippen LogP contribution in [0.4, 0.5) is 8.78 Å². The lowest BCUT2D eigenvalue weighted by atomic mass is 9.97. The molecule has 1 saturated heterocycles. The van der Waals surface area contributed by atoms with Crippen LogP contribution >= 0.6 is 0 Å². The van der Waals surface area contributed by atoms with Crippen molar-refractivity contribution in [1.29, 1.82) is 0 Å². The van der Waals surface area contributed by atoms with Crippen LogP contribution in [0, 0.1) is 17.6 Å². The van der Waals surface area contributed by atoms with Gasteiger partial charge in [-0.15, -0.1) is 0 Å². The van der Waals surface area contributed by atoms with E-state index < -0.39 is 11.6 Å². The van der Waals surface area contributed by atoms with Gasteiger partial charge in [0.2, 0.25) is 0 Å². The van der Waals surface area contributed by atoms with Gasteiger partial charge in [-0.1, -0.05) is 6.07 Å². The number of halogens is 2. The van der Waals surface area contributed by atoms with E-state index in [1.165, 1.54) is 13.2 Å². The second-order valence-corrected chi connectivity index (χ2v) is 5.69. The molecule has 0 aliphatic carbocycles. The molecule has 0 unspecified atom stereocenters. The summed E-state index contributed by atoms with van der Waals surface area (Å²) in [7, 11) is 1.35. The fourth-order valence-corrected chi connectivity index (χ4v) is 2.76. The molecule has 1 fully saturated rings. The number of rotatable bonds is 6. The fourth-order valence-electron chi connectivity index (χ4n) is 2.76. The summed E-state index contributed by atoms with van der Waals surface area (Å²) in [6.45, 7) is 3.25. The molecule has 122 valence electrons. The van der Waals surface area contributed by atoms with Gasteiger partial charge in [-0.2, -0.15) is 0 Å². The number of benzene rings is 1. The van der Waals surface area contributed by atoms with Gasteiger partial charge in [0.05, 0.1) is 13.7 Å². The summed E-state index contributed by atoms with van der Waals surface area (Å²) in [5.74, 6) is -1.55. The van der Waals surface area contributed by atoms with Crippen molar-refractivity contribution in [3.8, 4) is 0 Å². The monoisotopic (exact) mass is 312 g/mol. The van der Waals surface area contributed by atoms with Gasteiger partial charge in [0.15, 0.2) is 11.6 Å². The molecule has 6 heteroatoms. The highest BCUT2D eigenvalue weighted by molar-refractivity contribution is 5.71. The average Bonchev–Trinajstić information content (AvgIpc) is 2.51. The van der Waals surface area contributed by atoms with Crippen LogP contribution in [-0.4, -0.2) is 44.2 Å². The van der Waals surface area contributed by atoms with Crippen molar-refractivity contribution in [2.45, 2.75) is 19.4 Å². The highest BCUT2D eigenvalue weighted by Crippen LogP contribution is 2.16. The number of carbonyl (C=O) groups excluding carboxylic acids is 1. The zero-order chi connectivity index (χ0) is 15.9. The summed E-state index contributed by atoms with van der Waals surface area (Å²) in [5, 5.41) is 3.30. The Bertz CT molecular complexity index is 505. The molecule has 0 spiro atoms. The van der Waals surface area contributed by atoms with Gasteiger partial charge >= 0.3 is 5.97 Å². The van der Waals surface area contributed by atoms with E-state index in [0.29, 0.717) is 18.0 Å². The molecule has 0 saturated carbocycles. The number of ether oxygens (including phenoxy) is 1. The molecule has 1 heterocycles. The van der Waals surface area contributed by atoms with E-state index in [4.69, 9.17) is 4.74 Å². The van der Waals surface area contributed by atoms with Crippen molar-refractivity contribution < 1.29 is 18.3 Å². The second kappa shape index (κ2) is 8.19. The lowest BCUT2D eigenvalue weighted by Gasteiger charge is -2.29. The van der Waals surface area contributed by atoms with E-state index in [1.807, 2.05) is 4.90 Å². The molecule has 2 rings (SSSR count). The lowest BCUT2D eigenvalue weighted by Crippen LogP contribution is -2.38. The Balaban J connectivity index is 2.02. The SMILES string of the molecule is COC(=O)CN(Cc1ccc(F)c(F)c1)CC1CCNCC1. The summed E-state index contributed by atoms with van der Waals surface area (Å²) in [6, 6.07) is 3.85. The molecule has 1 aromatic rings. The average molecular weight is 312 g/mol. The largest absolute Gasteiger partial charge is 0.468 e. The minimum absolute atomic E-state index is 0.152. The van der Waals surface area contributed by atoms with Gasteiger partial charge in [0, 0.05) is 13.1 Å². The van der Waals surface area contributed by atoms with E-state index in [-0.39, 0.29) is 12.5 Å². The van der Waals surface area contributed by atoms with Gasteiger partial charge in [-0.05, 0) is 49.5 Å². The van der Waals surface area contributed by atoms with Crippen LogP contribution in [0.25, 0.3) is 0 Å². The molecule has 1 aliphatic heterocycles. The maximum absolute atomic E-state index is 13.3. The third kappa shape index (κ3) is 5.03. The maximum atomic E-state index is 13.3. The first-order valence-electron chi connectivity index (χ1n) is 7.52. The first-order chi connectivity index (χ1) is 10.6. The zero-order valence-corrected chi connectivity index (χ0v) is 12.8. The van der Waals surface area contributed by atoms with Crippen molar-refractivity contribution in [3.05, 3.63) is 35.4 Å². The van der Waals surface area contributed by atoms with Gasteiger partial charge in [0.25, 0.3) is 0 Å². The summed E-state index contributed by atoms with van der Waals surface area (Å²) < 4.78 is 31.1. The Hall–Kier alpha value is -1.53. The molecule has 0 bridgehead atoms. The van der Waals surface area contributed by atoms with E-state index >= 15 is 0 Å². The Labute approximate surface area is 129 Å². The fraction of sp³-hybridized carbons (Fsp3) is 0.562. The summed E-state index contributed by atoms with van der Waals surface area (Å²) >= 11 is 0. The van der Waals surface area contributed by atoms with Crippen LogP contribution in [0.15, 0.2) is 18.2 Å². The van der Waals surface area contributed by atoms with Crippen LogP contribution in [0.5, 0.6) is 0 Å². The molecular formula is C16H22F2N2O2. The number of esters is 1. The molecule has 0 atom stereocenters. The predicted molar refractivity (Wildman–Crippen MR) is 79.2 cm³/mol. The normalized spacial score (nSPS) is 16.0. The van der Waals surface area contributed by atoms with Crippen molar-refractivity contribution in [3.63, 3.8) is 0 Å². The third-order valence-corrected chi connectivity index (χ3v) is 3.95. The van der Waals surface area contributed by atoms with Crippen molar-refractivity contribution in [2.75, 3.05) is 33.3 Å². The van der Waals surface area contributed by atoms with Gasteiger partial charge in [0.1, 0.15) is 0 Å². The first kappa shape index (κ1) is 16.8. The minimum atomic E-state index is -0.864. The standard InChI is InChI=1S/C16H22F2N2O2/c1-22-16(21)11-20(9-12-4-6-19-7-5-12)10-13-2-3-14(17)15(18)8-13/h2-3,8,12,19H,4-7,9-11H2,1H3. The van der Waals surface area contributed by atoms with Crippen LogP contribution < -0.4 is 5.32 Å². The number of nitrogens with one attached hydrogen (secondary N) is 1. The van der Waals surface area contributed by atoms with E-state index in [9.17, 15) is 13.6 Å². The van der Waals surface area contributed by atoms with E-state index in [1.54, 1.807) is 6.07 Å². The summed E-state index contributed by atoms with van der Waals surface area (Å²) in [4.78, 5) is 13.5. The maximum Gasteiger partial charge on any atom is 0.319 e. The molecule has 0 amide bonds. The third-order valence-electron chi connectivity index (χ3n) is 3.95. The number of hydrogen-bond acceptors (Lipinski definition) is 4. The Morgan fingerprint density at radius 1 is 1.32 bits per heavy atom. The van der Waals surface area contributed by atoms with Gasteiger partial charge in [-0.25, -0.2) is 8.78 Å². The van der Waals surface area contributed by atoms with Crippen molar-refractivity contribution >= 4 is 5.97 Å². The van der Waals surface area contributed by atoms with Crippen molar-refractivity contribution in [1.82, 2.24) is 10.2 Å². The van der Waals surface area contributed by atoms with Crippen molar-refractivity contribution in [2.24, 2.45) is 5.92 Å². The number of piperidine rings is 1. The zero-order valence-electron chi connectivity index (χ0n) is 12.8. The van der Waals surface area contributed by atoms with Gasteiger partial charge < -0.3 is 10.1 Å². The summed E-state index contributed by atoms with van der Waals surface area (Å²) in [6.07, 6.45) is 2.10. The highest BCUT2D eigenvalue weighted by atomic mass is 19.2. The van der Waals surface area contributed by atoms with Gasteiger partial charge in [-0.3, -0.25) is 9.69 Å². The number of methoxy groups -OCH3 is 1. The smallest absolute Gasteiger partial charge is 0.319 e. The Kier molecular flexibility index (Phi) is 6.27. The molecule has 1 aliphatic rings. The molecule has 0 aromatic heterocycles. The van der Waals surface area contributed by atoms with E-state index in [2.05, 4.69) is 5.32 Å². The van der Waals surface area contributed by atoms with Crippen LogP contribution in [-0.2, 0) is 16.1 Å². The highest BCUT2D eigenvalue weighted by Gasteiger charge is 2.19. The van der Waals surface area contributed by atoms with Crippen LogP contribution in [0.3, 0.4) is 0 Å². The molecular weight excluding hydrogens is 290 g/mol. The summed E-state index contributed by atoms with van der Waals surface area (Å²) in [5.41, 5.74) is 0.650. The predicted octanol–water partition coefficient (Wildman–Crippen LogP) is 1.94. The number of hydrogen-bond donors (Lipinski definition) is 1. The first-order valence-corrected chi connectivity index (χ1v) is 7.52. The molecule has 0 radical (unpaired) electrons. The molecule has 1 N–H and O–H groups in total. The second-order valence-electron chi connectivity index (χ2n) is 5.69. The quantitative estimate of drug-likeness (QED) is 0.815. The van der Waals surface area contributed by atoms with E-state index in [0.717, 1.165) is 38.5 Å². The molecule has 1 aromatic carbocycles. The molecule has 4 nitrogen and oxygen atoms in total. The number of nitrogens with zero attached hydrogens (tertiary/aromatic N) is 1. The minimum Gasteiger partial charge on any atom is -0.468 e. The van der Waals surface area contributed by atoms with Crippen LogP contribution in [0.1, 0.15) is 18.4 Å². The molecule has 22 heavy (non-hydrogen) atoms. The number of carbonyl (C=O) groups is 1. The lowest BCUT2D eigenvalue weighted by molar-refractivity contribution is -0.142. The Morgan fingerprint density at radius 2 is 2.05 bits per heavy atom. The van der Waals surface area contributed by atoms with Crippen LogP contribution in [0.2, 0.25) is 0 Å². The Morgan fingerprint density at radius 3 is 2.68 bits per heavy atom. The topological polar surface area (TPSA) is 41.6 Å².